The van der Waals surface area contributed by atoms with E-state index in [2.05, 4.69) is 5.32 Å². The number of rotatable bonds is 5. The quantitative estimate of drug-likeness (QED) is 0.664. The Hall–Kier alpha value is -1.34. The van der Waals surface area contributed by atoms with Crippen molar-refractivity contribution in [3.63, 3.8) is 0 Å². The Labute approximate surface area is 143 Å². The number of nitrogens with one attached hydrogen (secondary N) is 1. The third-order valence-electron chi connectivity index (χ3n) is 4.06. The third kappa shape index (κ3) is 3.17. The second kappa shape index (κ2) is 7.05. The van der Waals surface area contributed by atoms with Crippen LogP contribution in [0.2, 0.25) is 0 Å². The van der Waals surface area contributed by atoms with Gasteiger partial charge in [0.1, 0.15) is 4.83 Å². The molecule has 0 aromatic carbocycles. The van der Waals surface area contributed by atoms with E-state index in [1.807, 2.05) is 13.8 Å². The Morgan fingerprint density at radius 3 is 2.87 bits per heavy atom. The molecule has 5 nitrogen and oxygen atoms in total. The van der Waals surface area contributed by atoms with Gasteiger partial charge in [0.2, 0.25) is 5.91 Å². The number of aromatic nitrogens is 2. The van der Waals surface area contributed by atoms with E-state index >= 15 is 0 Å². The first kappa shape index (κ1) is 16.5. The average Bonchev–Trinajstić information content (AvgIpc) is 2.91. The first-order chi connectivity index (χ1) is 11.2. The van der Waals surface area contributed by atoms with Gasteiger partial charge in [-0.05, 0) is 45.1 Å². The highest BCUT2D eigenvalue weighted by Crippen LogP contribution is 2.34. The van der Waals surface area contributed by atoms with Gasteiger partial charge in [-0.1, -0.05) is 11.8 Å². The molecule has 1 aliphatic rings. The van der Waals surface area contributed by atoms with Gasteiger partial charge in [0.05, 0.1) is 11.1 Å². The molecule has 1 amide bonds. The maximum absolute atomic E-state index is 12.9. The molecule has 0 spiro atoms. The molecule has 3 rings (SSSR count). The van der Waals surface area contributed by atoms with Crippen molar-refractivity contribution in [3.8, 4) is 0 Å². The Morgan fingerprint density at radius 2 is 2.13 bits per heavy atom. The predicted octanol–water partition coefficient (Wildman–Crippen LogP) is 2.58. The maximum Gasteiger partial charge on any atom is 0.263 e. The fraction of sp³-hybridized carbons (Fsp3) is 0.562. The molecule has 0 saturated carbocycles. The first-order valence-electron chi connectivity index (χ1n) is 8.10. The lowest BCUT2D eigenvalue weighted by molar-refractivity contribution is -0.118. The second-order valence-electron chi connectivity index (χ2n) is 5.58. The number of fused-ring (bicyclic) bond motifs is 3. The number of thioether (sulfide) groups is 1. The summed E-state index contributed by atoms with van der Waals surface area (Å²) in [7, 11) is 0. The number of carbonyl (C=O) groups excluding carboxylic acids is 1. The fourth-order valence-electron chi connectivity index (χ4n) is 2.99. The zero-order valence-electron chi connectivity index (χ0n) is 13.5. The topological polar surface area (TPSA) is 64.0 Å². The molecule has 1 aliphatic carbocycles. The summed E-state index contributed by atoms with van der Waals surface area (Å²) in [6.07, 6.45) is 4.39. The van der Waals surface area contributed by atoms with Crippen molar-refractivity contribution in [2.75, 3.05) is 12.3 Å². The van der Waals surface area contributed by atoms with Gasteiger partial charge in [-0.25, -0.2) is 4.98 Å². The Morgan fingerprint density at radius 1 is 1.35 bits per heavy atom. The van der Waals surface area contributed by atoms with E-state index in [9.17, 15) is 9.59 Å². The molecule has 0 radical (unpaired) electrons. The van der Waals surface area contributed by atoms with Gasteiger partial charge in [-0.2, -0.15) is 0 Å². The second-order valence-corrected chi connectivity index (χ2v) is 7.60. The number of aryl methyl sites for hydroxylation is 2. The van der Waals surface area contributed by atoms with Crippen molar-refractivity contribution < 1.29 is 4.79 Å². The number of hydrogen-bond acceptors (Lipinski definition) is 5. The molecule has 23 heavy (non-hydrogen) atoms. The van der Waals surface area contributed by atoms with E-state index in [0.717, 1.165) is 29.5 Å². The van der Waals surface area contributed by atoms with Gasteiger partial charge in [0.25, 0.3) is 5.56 Å². The third-order valence-corrected chi connectivity index (χ3v) is 6.22. The SMILES string of the molecule is CCNC(=O)CSc1nc2sc3c(c2c(=O)n1CC)CCCC3. The highest BCUT2D eigenvalue weighted by atomic mass is 32.2. The van der Waals surface area contributed by atoms with Crippen LogP contribution in [0.1, 0.15) is 37.1 Å². The van der Waals surface area contributed by atoms with Crippen molar-refractivity contribution >= 4 is 39.2 Å². The van der Waals surface area contributed by atoms with Crippen LogP contribution in [0.4, 0.5) is 0 Å². The van der Waals surface area contributed by atoms with Crippen molar-refractivity contribution in [2.45, 2.75) is 51.2 Å². The van der Waals surface area contributed by atoms with Gasteiger partial charge in [0.15, 0.2) is 5.16 Å². The largest absolute Gasteiger partial charge is 0.356 e. The van der Waals surface area contributed by atoms with Crippen LogP contribution in [0.25, 0.3) is 10.2 Å². The molecule has 1 N–H and O–H groups in total. The summed E-state index contributed by atoms with van der Waals surface area (Å²) >= 11 is 2.99. The number of nitrogens with zero attached hydrogens (tertiary/aromatic N) is 2. The molecule has 0 bridgehead atoms. The number of carbonyl (C=O) groups is 1. The van der Waals surface area contributed by atoms with Crippen molar-refractivity contribution in [2.24, 2.45) is 0 Å². The van der Waals surface area contributed by atoms with Gasteiger partial charge < -0.3 is 5.32 Å². The van der Waals surface area contributed by atoms with Crippen LogP contribution in [-0.4, -0.2) is 27.8 Å². The number of hydrogen-bond donors (Lipinski definition) is 1. The highest BCUT2D eigenvalue weighted by molar-refractivity contribution is 7.99. The highest BCUT2D eigenvalue weighted by Gasteiger charge is 2.22. The molecule has 0 saturated heterocycles. The van der Waals surface area contributed by atoms with Gasteiger partial charge in [-0.3, -0.25) is 14.2 Å². The van der Waals surface area contributed by atoms with E-state index in [4.69, 9.17) is 4.98 Å². The van der Waals surface area contributed by atoms with Crippen molar-refractivity contribution in [3.05, 3.63) is 20.8 Å². The van der Waals surface area contributed by atoms with E-state index in [1.54, 1.807) is 15.9 Å². The summed E-state index contributed by atoms with van der Waals surface area (Å²) in [5.74, 6) is 0.261. The molecule has 2 heterocycles. The summed E-state index contributed by atoms with van der Waals surface area (Å²) in [4.78, 5) is 31.4. The summed E-state index contributed by atoms with van der Waals surface area (Å²) in [6.45, 7) is 5.03. The van der Waals surface area contributed by atoms with Crippen LogP contribution in [0.3, 0.4) is 0 Å². The minimum Gasteiger partial charge on any atom is -0.356 e. The standard InChI is InChI=1S/C16H21N3O2S2/c1-3-17-12(20)9-22-16-18-14-13(15(21)19(16)4-2)10-7-5-6-8-11(10)23-14/h3-9H2,1-2H3,(H,17,20). The molecule has 2 aromatic heterocycles. The van der Waals surface area contributed by atoms with Crippen LogP contribution >= 0.6 is 23.1 Å². The molecular weight excluding hydrogens is 330 g/mol. The van der Waals surface area contributed by atoms with E-state index in [1.165, 1.54) is 28.6 Å². The molecular formula is C16H21N3O2S2. The smallest absolute Gasteiger partial charge is 0.263 e. The van der Waals surface area contributed by atoms with Gasteiger partial charge in [-0.15, -0.1) is 11.3 Å². The Bertz CT molecular complexity index is 795. The molecule has 2 aromatic rings. The molecule has 7 heteroatoms. The van der Waals surface area contributed by atoms with Gasteiger partial charge in [0, 0.05) is 18.0 Å². The summed E-state index contributed by atoms with van der Waals surface area (Å²) < 4.78 is 1.70. The van der Waals surface area contributed by atoms with E-state index < -0.39 is 0 Å². The van der Waals surface area contributed by atoms with Gasteiger partial charge >= 0.3 is 0 Å². The van der Waals surface area contributed by atoms with Crippen LogP contribution in [0, 0.1) is 0 Å². The molecule has 0 unspecified atom stereocenters. The lowest BCUT2D eigenvalue weighted by atomic mass is 9.97. The molecule has 0 aliphatic heterocycles. The fourth-order valence-corrected chi connectivity index (χ4v) is 5.18. The zero-order chi connectivity index (χ0) is 16.4. The van der Waals surface area contributed by atoms with Crippen LogP contribution in [-0.2, 0) is 24.2 Å². The minimum atomic E-state index is -0.0278. The molecule has 0 atom stereocenters. The molecule has 124 valence electrons. The lowest BCUT2D eigenvalue weighted by Gasteiger charge is -2.12. The summed E-state index contributed by atoms with van der Waals surface area (Å²) in [5.41, 5.74) is 1.27. The van der Waals surface area contributed by atoms with Crippen molar-refractivity contribution in [1.29, 1.82) is 0 Å². The number of amides is 1. The zero-order valence-corrected chi connectivity index (χ0v) is 15.1. The normalized spacial score (nSPS) is 14.0. The molecule has 0 fully saturated rings. The average molecular weight is 351 g/mol. The van der Waals surface area contributed by atoms with Crippen LogP contribution in [0.5, 0.6) is 0 Å². The Balaban J connectivity index is 2.02. The summed E-state index contributed by atoms with van der Waals surface area (Å²) in [5, 5.41) is 4.23. The predicted molar refractivity (Wildman–Crippen MR) is 95.6 cm³/mol. The van der Waals surface area contributed by atoms with E-state index in [-0.39, 0.29) is 17.2 Å². The monoisotopic (exact) mass is 351 g/mol. The van der Waals surface area contributed by atoms with Crippen LogP contribution < -0.4 is 10.9 Å². The maximum atomic E-state index is 12.9. The van der Waals surface area contributed by atoms with Crippen LogP contribution in [0.15, 0.2) is 9.95 Å². The number of thiophene rings is 1. The van der Waals surface area contributed by atoms with Crippen molar-refractivity contribution in [1.82, 2.24) is 14.9 Å². The lowest BCUT2D eigenvalue weighted by Crippen LogP contribution is -2.26. The minimum absolute atomic E-state index is 0.0278. The Kier molecular flexibility index (Phi) is 5.06. The van der Waals surface area contributed by atoms with E-state index in [0.29, 0.717) is 18.2 Å². The first-order valence-corrected chi connectivity index (χ1v) is 9.90. The summed E-state index contributed by atoms with van der Waals surface area (Å²) in [6, 6.07) is 0.